The molecule has 0 atom stereocenters. The van der Waals surface area contributed by atoms with Crippen LogP contribution < -0.4 is 14.2 Å². The van der Waals surface area contributed by atoms with E-state index in [2.05, 4.69) is 4.98 Å². The smallest absolute Gasteiger partial charge is 0.280 e. The van der Waals surface area contributed by atoms with Gasteiger partial charge in [-0.3, -0.25) is 19.9 Å². The first-order chi connectivity index (χ1) is 12.6. The van der Waals surface area contributed by atoms with Crippen LogP contribution in [0.25, 0.3) is 10.9 Å². The van der Waals surface area contributed by atoms with E-state index in [1.165, 1.54) is 32.4 Å². The second-order valence-corrected chi connectivity index (χ2v) is 5.23. The van der Waals surface area contributed by atoms with E-state index in [4.69, 9.17) is 14.2 Å². The average Bonchev–Trinajstić information content (AvgIpc) is 2.66. The van der Waals surface area contributed by atoms with E-state index >= 15 is 0 Å². The van der Waals surface area contributed by atoms with Crippen LogP contribution in [0.4, 0.5) is 5.69 Å². The van der Waals surface area contributed by atoms with Crippen LogP contribution in [-0.4, -0.2) is 30.4 Å². The highest BCUT2D eigenvalue weighted by Gasteiger charge is 2.16. The van der Waals surface area contributed by atoms with Crippen molar-refractivity contribution in [3.63, 3.8) is 0 Å². The molecule has 1 heterocycles. The SMILES string of the molecule is COc1cc2nccc(Oc3ccc([N+](=O)[O-])c(C=O)c3)c2cc1OC. The highest BCUT2D eigenvalue weighted by Crippen LogP contribution is 2.37. The summed E-state index contributed by atoms with van der Waals surface area (Å²) in [4.78, 5) is 25.7. The summed E-state index contributed by atoms with van der Waals surface area (Å²) in [5.74, 6) is 1.79. The number of methoxy groups -OCH3 is 2. The number of hydrogen-bond donors (Lipinski definition) is 0. The molecule has 132 valence electrons. The van der Waals surface area contributed by atoms with Gasteiger partial charge in [0.05, 0.1) is 30.2 Å². The Balaban J connectivity index is 2.06. The highest BCUT2D eigenvalue weighted by atomic mass is 16.6. The standard InChI is InChI=1S/C18H14N2O6/c1-24-17-8-13-14(9-18(17)25-2)19-6-5-16(13)26-12-3-4-15(20(22)23)11(7-12)10-21/h3-10H,1-2H3. The Bertz CT molecular complexity index is 1000. The third kappa shape index (κ3) is 3.12. The van der Waals surface area contributed by atoms with Crippen LogP contribution >= 0.6 is 0 Å². The van der Waals surface area contributed by atoms with E-state index in [-0.39, 0.29) is 11.3 Å². The van der Waals surface area contributed by atoms with Crippen molar-refractivity contribution in [1.82, 2.24) is 4.98 Å². The molecule has 0 aliphatic rings. The monoisotopic (exact) mass is 354 g/mol. The van der Waals surface area contributed by atoms with Crippen LogP contribution in [0.15, 0.2) is 42.6 Å². The lowest BCUT2D eigenvalue weighted by molar-refractivity contribution is -0.385. The van der Waals surface area contributed by atoms with E-state index in [9.17, 15) is 14.9 Å². The molecule has 0 radical (unpaired) electrons. The average molecular weight is 354 g/mol. The number of nitrogens with zero attached hydrogens (tertiary/aromatic N) is 2. The fourth-order valence-corrected chi connectivity index (χ4v) is 2.52. The van der Waals surface area contributed by atoms with Gasteiger partial charge in [-0.2, -0.15) is 0 Å². The Hall–Kier alpha value is -3.68. The number of ether oxygens (including phenoxy) is 3. The van der Waals surface area contributed by atoms with Gasteiger partial charge in [0.1, 0.15) is 11.5 Å². The third-order valence-electron chi connectivity index (χ3n) is 3.76. The molecule has 3 aromatic rings. The van der Waals surface area contributed by atoms with Gasteiger partial charge >= 0.3 is 0 Å². The molecule has 0 bridgehead atoms. The van der Waals surface area contributed by atoms with Gasteiger partial charge in [0, 0.05) is 23.7 Å². The van der Waals surface area contributed by atoms with Crippen LogP contribution in [-0.2, 0) is 0 Å². The minimum Gasteiger partial charge on any atom is -0.493 e. The summed E-state index contributed by atoms with van der Waals surface area (Å²) < 4.78 is 16.4. The molecular formula is C18H14N2O6. The molecule has 0 aliphatic heterocycles. The number of rotatable bonds is 6. The lowest BCUT2D eigenvalue weighted by Crippen LogP contribution is -1.96. The number of hydrogen-bond acceptors (Lipinski definition) is 7. The molecule has 1 aromatic heterocycles. The lowest BCUT2D eigenvalue weighted by atomic mass is 10.1. The molecule has 0 amide bonds. The van der Waals surface area contributed by atoms with Crippen molar-refractivity contribution in [2.45, 2.75) is 0 Å². The summed E-state index contributed by atoms with van der Waals surface area (Å²) in [7, 11) is 3.05. The molecule has 3 rings (SSSR count). The van der Waals surface area contributed by atoms with Crippen LogP contribution in [0, 0.1) is 10.1 Å². The topological polar surface area (TPSA) is 101 Å². The molecule has 8 heteroatoms. The Kier molecular flexibility index (Phi) is 4.66. The second kappa shape index (κ2) is 7.06. The molecule has 0 saturated carbocycles. The molecule has 0 unspecified atom stereocenters. The first-order valence-corrected chi connectivity index (χ1v) is 7.49. The number of benzene rings is 2. The summed E-state index contributed by atoms with van der Waals surface area (Å²) in [5, 5.41) is 11.6. The van der Waals surface area contributed by atoms with Crippen molar-refractivity contribution in [3.8, 4) is 23.0 Å². The zero-order valence-corrected chi connectivity index (χ0v) is 14.0. The summed E-state index contributed by atoms with van der Waals surface area (Å²) in [6.45, 7) is 0. The van der Waals surface area contributed by atoms with E-state index < -0.39 is 4.92 Å². The van der Waals surface area contributed by atoms with Gasteiger partial charge in [-0.1, -0.05) is 0 Å². The molecule has 0 aliphatic carbocycles. The predicted molar refractivity (Wildman–Crippen MR) is 93.4 cm³/mol. The molecule has 0 saturated heterocycles. The number of fused-ring (bicyclic) bond motifs is 1. The van der Waals surface area contributed by atoms with Crippen molar-refractivity contribution in [2.75, 3.05) is 14.2 Å². The first-order valence-electron chi connectivity index (χ1n) is 7.49. The van der Waals surface area contributed by atoms with E-state index in [1.54, 1.807) is 24.4 Å². The minimum absolute atomic E-state index is 0.0647. The zero-order chi connectivity index (χ0) is 18.7. The largest absolute Gasteiger partial charge is 0.493 e. The van der Waals surface area contributed by atoms with Crippen molar-refractivity contribution in [1.29, 1.82) is 0 Å². The number of pyridine rings is 1. The first kappa shape index (κ1) is 17.2. The molecule has 26 heavy (non-hydrogen) atoms. The Morgan fingerprint density at radius 1 is 1.04 bits per heavy atom. The van der Waals surface area contributed by atoms with Crippen molar-refractivity contribution in [2.24, 2.45) is 0 Å². The number of carbonyl (C=O) groups excluding carboxylic acids is 1. The highest BCUT2D eigenvalue weighted by molar-refractivity contribution is 5.88. The fourth-order valence-electron chi connectivity index (χ4n) is 2.52. The van der Waals surface area contributed by atoms with Gasteiger partial charge in [-0.25, -0.2) is 0 Å². The summed E-state index contributed by atoms with van der Waals surface area (Å²) in [5.41, 5.74) is 0.279. The number of aldehydes is 1. The molecule has 0 N–H and O–H groups in total. The lowest BCUT2D eigenvalue weighted by Gasteiger charge is -2.12. The number of carbonyl (C=O) groups is 1. The summed E-state index contributed by atoms with van der Waals surface area (Å²) in [6.07, 6.45) is 1.99. The van der Waals surface area contributed by atoms with Crippen LogP contribution in [0.3, 0.4) is 0 Å². The molecule has 0 fully saturated rings. The molecular weight excluding hydrogens is 340 g/mol. The fraction of sp³-hybridized carbons (Fsp3) is 0.111. The van der Waals surface area contributed by atoms with E-state index in [1.807, 2.05) is 0 Å². The number of nitro groups is 1. The molecule has 0 spiro atoms. The molecule has 2 aromatic carbocycles. The summed E-state index contributed by atoms with van der Waals surface area (Å²) >= 11 is 0. The van der Waals surface area contributed by atoms with Gasteiger partial charge in [0.2, 0.25) is 0 Å². The Morgan fingerprint density at radius 3 is 2.42 bits per heavy atom. The van der Waals surface area contributed by atoms with E-state index in [0.717, 1.165) is 0 Å². The van der Waals surface area contributed by atoms with Crippen LogP contribution in [0.1, 0.15) is 10.4 Å². The Morgan fingerprint density at radius 2 is 1.77 bits per heavy atom. The van der Waals surface area contributed by atoms with E-state index in [0.29, 0.717) is 40.2 Å². The maximum atomic E-state index is 11.1. The minimum atomic E-state index is -0.619. The second-order valence-electron chi connectivity index (χ2n) is 5.23. The van der Waals surface area contributed by atoms with Crippen molar-refractivity contribution < 1.29 is 23.9 Å². The Labute approximate surface area is 148 Å². The predicted octanol–water partition coefficient (Wildman–Crippen LogP) is 3.77. The zero-order valence-electron chi connectivity index (χ0n) is 14.0. The number of nitro benzene ring substituents is 1. The quantitative estimate of drug-likeness (QED) is 0.377. The van der Waals surface area contributed by atoms with Gasteiger partial charge in [0.15, 0.2) is 17.8 Å². The van der Waals surface area contributed by atoms with Gasteiger partial charge in [0.25, 0.3) is 5.69 Å². The molecule has 8 nitrogen and oxygen atoms in total. The van der Waals surface area contributed by atoms with Gasteiger partial charge in [-0.15, -0.1) is 0 Å². The van der Waals surface area contributed by atoms with Crippen molar-refractivity contribution in [3.05, 3.63) is 58.3 Å². The van der Waals surface area contributed by atoms with Gasteiger partial charge < -0.3 is 14.2 Å². The maximum Gasteiger partial charge on any atom is 0.280 e. The van der Waals surface area contributed by atoms with Crippen LogP contribution in [0.2, 0.25) is 0 Å². The summed E-state index contributed by atoms with van der Waals surface area (Å²) in [6, 6.07) is 9.06. The maximum absolute atomic E-state index is 11.1. The number of aromatic nitrogens is 1. The van der Waals surface area contributed by atoms with Gasteiger partial charge in [-0.05, 0) is 24.3 Å². The van der Waals surface area contributed by atoms with Crippen LogP contribution in [0.5, 0.6) is 23.0 Å². The normalized spacial score (nSPS) is 10.4. The third-order valence-corrected chi connectivity index (χ3v) is 3.76. The van der Waals surface area contributed by atoms with Crippen molar-refractivity contribution >= 4 is 22.9 Å².